The minimum atomic E-state index is 0.755. The number of hydrogen-bond donors (Lipinski definition) is 0. The molecule has 0 fully saturated rings. The highest BCUT2D eigenvalue weighted by Gasteiger charge is 1.96. The van der Waals surface area contributed by atoms with Crippen LogP contribution in [0.25, 0.3) is 0 Å². The molecule has 0 saturated heterocycles. The molecule has 2 aromatic rings. The van der Waals surface area contributed by atoms with Crippen LogP contribution in [0.4, 0.5) is 0 Å². The first-order chi connectivity index (χ1) is 6.34. The molecule has 1 aromatic heterocycles. The van der Waals surface area contributed by atoms with Crippen molar-refractivity contribution >= 4 is 20.0 Å². The van der Waals surface area contributed by atoms with E-state index < -0.39 is 0 Å². The first-order valence-corrected chi connectivity index (χ1v) is 5.98. The fraction of sp³-hybridized carbons (Fsp3) is 0.100. The molecule has 0 saturated carbocycles. The normalized spacial score (nSPS) is 10.8. The zero-order chi connectivity index (χ0) is 9.10. The van der Waals surface area contributed by atoms with E-state index in [0.717, 1.165) is 8.19 Å². The Hall–Kier alpha value is -0.720. The van der Waals surface area contributed by atoms with Gasteiger partial charge in [-0.15, -0.1) is 8.19 Å². The second kappa shape index (κ2) is 3.99. The molecule has 13 heavy (non-hydrogen) atoms. The van der Waals surface area contributed by atoms with E-state index in [1.807, 2.05) is 6.20 Å². The van der Waals surface area contributed by atoms with Crippen LogP contribution in [-0.4, -0.2) is 4.98 Å². The lowest BCUT2D eigenvalue weighted by Gasteiger charge is -1.97. The quantitative estimate of drug-likeness (QED) is 0.746. The zero-order valence-corrected chi connectivity index (χ0v) is 9.14. The maximum absolute atomic E-state index is 4.26. The first kappa shape index (κ1) is 8.86. The maximum atomic E-state index is 4.26. The van der Waals surface area contributed by atoms with E-state index in [0.29, 0.717) is 0 Å². The summed E-state index contributed by atoms with van der Waals surface area (Å²) in [6, 6.07) is 8.55. The second-order valence-corrected chi connectivity index (χ2v) is 5.33. The van der Waals surface area contributed by atoms with Crippen LogP contribution < -0.4 is 0 Å². The zero-order valence-electron chi connectivity index (χ0n) is 7.32. The van der Waals surface area contributed by atoms with Crippen LogP contribution in [0.5, 0.6) is 0 Å². The van der Waals surface area contributed by atoms with Gasteiger partial charge in [0.05, 0.1) is 0 Å². The van der Waals surface area contributed by atoms with Crippen molar-refractivity contribution in [2.75, 3.05) is 0 Å². The van der Waals surface area contributed by atoms with E-state index in [9.17, 15) is 0 Å². The lowest BCUT2D eigenvalue weighted by Crippen LogP contribution is -1.72. The molecule has 3 heteroatoms. The Morgan fingerprint density at radius 2 is 2.00 bits per heavy atom. The van der Waals surface area contributed by atoms with Crippen LogP contribution in [0.2, 0.25) is 0 Å². The summed E-state index contributed by atoms with van der Waals surface area (Å²) in [6.07, 6.45) is 1.88. The molecule has 0 radical (unpaired) electrons. The molecule has 0 amide bonds. The molecule has 0 N–H and O–H groups in total. The van der Waals surface area contributed by atoms with Gasteiger partial charge in [0.2, 0.25) is 0 Å². The Morgan fingerprint density at radius 3 is 2.62 bits per heavy atom. The standard InChI is InChI=1S/C10H10NPS/c1-8-2-4-9(5-3-8)13-10-11-6-7-12-10/h2-7,12H,1H3. The SMILES string of the molecule is Cc1ccc(Sc2ncc[pH]2)cc1. The molecule has 66 valence electrons. The summed E-state index contributed by atoms with van der Waals surface area (Å²) in [7, 11) is 0.755. The topological polar surface area (TPSA) is 12.9 Å². The molecule has 2 rings (SSSR count). The minimum Gasteiger partial charge on any atom is -0.245 e. The van der Waals surface area contributed by atoms with E-state index in [-0.39, 0.29) is 0 Å². The van der Waals surface area contributed by atoms with Crippen LogP contribution in [-0.2, 0) is 0 Å². The van der Waals surface area contributed by atoms with Crippen LogP contribution in [0, 0.1) is 6.92 Å². The van der Waals surface area contributed by atoms with E-state index in [2.05, 4.69) is 42.0 Å². The summed E-state index contributed by atoms with van der Waals surface area (Å²) in [4.78, 5) is 5.54. The predicted octanol–water partition coefficient (Wildman–Crippen LogP) is 3.57. The van der Waals surface area contributed by atoms with Gasteiger partial charge in [-0.25, -0.2) is 4.98 Å². The molecule has 1 atom stereocenters. The Balaban J connectivity index is 2.15. The summed E-state index contributed by atoms with van der Waals surface area (Å²) < 4.78 is 1.21. The van der Waals surface area contributed by atoms with Crippen molar-refractivity contribution in [1.29, 1.82) is 0 Å². The van der Waals surface area contributed by atoms with Gasteiger partial charge in [0.15, 0.2) is 0 Å². The van der Waals surface area contributed by atoms with Crippen molar-refractivity contribution in [1.82, 2.24) is 4.98 Å². The van der Waals surface area contributed by atoms with Crippen LogP contribution in [0.1, 0.15) is 5.56 Å². The maximum Gasteiger partial charge on any atom is 0.116 e. The van der Waals surface area contributed by atoms with Gasteiger partial charge in [-0.2, -0.15) is 0 Å². The summed E-state index contributed by atoms with van der Waals surface area (Å²) in [5.41, 5.74) is 1.30. The largest absolute Gasteiger partial charge is 0.245 e. The Labute approximate surface area is 83.7 Å². The molecule has 1 unspecified atom stereocenters. The summed E-state index contributed by atoms with van der Waals surface area (Å²) in [5.74, 6) is 2.11. The van der Waals surface area contributed by atoms with Crippen molar-refractivity contribution in [2.24, 2.45) is 0 Å². The summed E-state index contributed by atoms with van der Waals surface area (Å²) in [5, 5.41) is 0. The molecule has 0 aliphatic carbocycles. The lowest BCUT2D eigenvalue weighted by molar-refractivity contribution is 1.24. The van der Waals surface area contributed by atoms with Gasteiger partial charge >= 0.3 is 0 Å². The van der Waals surface area contributed by atoms with Crippen LogP contribution >= 0.6 is 20.0 Å². The van der Waals surface area contributed by atoms with E-state index >= 15 is 0 Å². The summed E-state index contributed by atoms with van der Waals surface area (Å²) >= 11 is 1.76. The average Bonchev–Trinajstić information content (AvgIpc) is 2.62. The average molecular weight is 207 g/mol. The lowest BCUT2D eigenvalue weighted by atomic mass is 10.2. The van der Waals surface area contributed by atoms with Crippen molar-refractivity contribution in [3.05, 3.63) is 41.8 Å². The first-order valence-electron chi connectivity index (χ1n) is 4.08. The smallest absolute Gasteiger partial charge is 0.116 e. The van der Waals surface area contributed by atoms with Gasteiger partial charge in [-0.3, -0.25) is 0 Å². The molecular weight excluding hydrogens is 197 g/mol. The molecule has 0 aliphatic rings. The van der Waals surface area contributed by atoms with Gasteiger partial charge in [0.1, 0.15) is 4.76 Å². The van der Waals surface area contributed by atoms with Gasteiger partial charge in [0, 0.05) is 11.1 Å². The Morgan fingerprint density at radius 1 is 1.23 bits per heavy atom. The van der Waals surface area contributed by atoms with E-state index in [1.54, 1.807) is 11.8 Å². The number of nitrogens with zero attached hydrogens (tertiary/aromatic N) is 1. The highest BCUT2D eigenvalue weighted by atomic mass is 32.2. The molecule has 0 bridgehead atoms. The molecular formula is C10H10NPS. The van der Waals surface area contributed by atoms with E-state index in [1.165, 1.54) is 15.2 Å². The molecule has 1 nitrogen and oxygen atoms in total. The van der Waals surface area contributed by atoms with Crippen LogP contribution in [0.15, 0.2) is 45.9 Å². The fourth-order valence-corrected chi connectivity index (χ4v) is 2.87. The summed E-state index contributed by atoms with van der Waals surface area (Å²) in [6.45, 7) is 2.10. The molecule has 1 aromatic carbocycles. The predicted molar refractivity (Wildman–Crippen MR) is 59.0 cm³/mol. The second-order valence-electron chi connectivity index (χ2n) is 2.81. The van der Waals surface area contributed by atoms with Crippen LogP contribution in [0.3, 0.4) is 0 Å². The monoisotopic (exact) mass is 207 g/mol. The van der Waals surface area contributed by atoms with Crippen molar-refractivity contribution < 1.29 is 0 Å². The fourth-order valence-electron chi connectivity index (χ4n) is 1.02. The number of aromatic nitrogens is 1. The third-order valence-electron chi connectivity index (χ3n) is 1.71. The van der Waals surface area contributed by atoms with Gasteiger partial charge in [-0.1, -0.05) is 29.5 Å². The van der Waals surface area contributed by atoms with E-state index in [4.69, 9.17) is 0 Å². The number of aryl methyl sites for hydroxylation is 1. The van der Waals surface area contributed by atoms with Gasteiger partial charge in [-0.05, 0) is 24.9 Å². The van der Waals surface area contributed by atoms with Crippen molar-refractivity contribution in [3.63, 3.8) is 0 Å². The Bertz CT molecular complexity index is 366. The molecule has 0 spiro atoms. The van der Waals surface area contributed by atoms with Gasteiger partial charge < -0.3 is 0 Å². The third kappa shape index (κ3) is 2.36. The molecule has 1 heterocycles. The Kier molecular flexibility index (Phi) is 2.72. The van der Waals surface area contributed by atoms with Crippen molar-refractivity contribution in [2.45, 2.75) is 16.6 Å². The highest BCUT2D eigenvalue weighted by molar-refractivity contribution is 8.01. The van der Waals surface area contributed by atoms with Crippen molar-refractivity contribution in [3.8, 4) is 0 Å². The molecule has 0 aliphatic heterocycles. The van der Waals surface area contributed by atoms with Gasteiger partial charge in [0.25, 0.3) is 0 Å². The highest BCUT2D eigenvalue weighted by Crippen LogP contribution is 2.31. The third-order valence-corrected chi connectivity index (χ3v) is 3.87. The number of hydrogen-bond acceptors (Lipinski definition) is 2. The number of rotatable bonds is 2. The minimum absolute atomic E-state index is 0.755. The number of benzene rings is 1.